The molecule has 0 radical (unpaired) electrons. The van der Waals surface area contributed by atoms with Gasteiger partial charge in [-0.1, -0.05) is 18.3 Å². The van der Waals surface area contributed by atoms with Gasteiger partial charge < -0.3 is 4.90 Å². The van der Waals surface area contributed by atoms with Crippen LogP contribution in [-0.2, 0) is 16.0 Å². The molecule has 2 heterocycles. The first kappa shape index (κ1) is 16.2. The maximum absolute atomic E-state index is 11.9. The SMILES string of the molecule is CCc1nnc(NC(=O)CSCC(=O)N2CCCCC2)s1. The minimum Gasteiger partial charge on any atom is -0.342 e. The van der Waals surface area contributed by atoms with E-state index in [1.54, 1.807) is 0 Å². The van der Waals surface area contributed by atoms with Crippen LogP contribution in [0.3, 0.4) is 0 Å². The number of hydrogen-bond donors (Lipinski definition) is 1. The summed E-state index contributed by atoms with van der Waals surface area (Å²) < 4.78 is 0. The third-order valence-electron chi connectivity index (χ3n) is 3.18. The molecule has 0 saturated carbocycles. The van der Waals surface area contributed by atoms with Crippen molar-refractivity contribution in [1.82, 2.24) is 15.1 Å². The number of rotatable bonds is 6. The standard InChI is InChI=1S/C13H20N4O2S2/c1-2-11-15-16-13(21-11)14-10(18)8-20-9-12(19)17-6-4-3-5-7-17/h2-9H2,1H3,(H,14,16,18). The average molecular weight is 328 g/mol. The number of carbonyl (C=O) groups is 2. The average Bonchev–Trinajstić information content (AvgIpc) is 2.95. The summed E-state index contributed by atoms with van der Waals surface area (Å²) in [6.45, 7) is 3.71. The number of carbonyl (C=O) groups excluding carboxylic acids is 2. The molecule has 1 aliphatic rings. The Labute approximate surface area is 132 Å². The summed E-state index contributed by atoms with van der Waals surface area (Å²) in [5.41, 5.74) is 0. The van der Waals surface area contributed by atoms with E-state index in [1.807, 2.05) is 11.8 Å². The van der Waals surface area contributed by atoms with Crippen LogP contribution in [0.4, 0.5) is 5.13 Å². The van der Waals surface area contributed by atoms with Crippen molar-refractivity contribution < 1.29 is 9.59 Å². The molecule has 0 bridgehead atoms. The minimum absolute atomic E-state index is 0.134. The molecule has 0 unspecified atom stereocenters. The molecular formula is C13H20N4O2S2. The lowest BCUT2D eigenvalue weighted by Gasteiger charge is -2.26. The number of piperidine rings is 1. The van der Waals surface area contributed by atoms with Crippen molar-refractivity contribution in [1.29, 1.82) is 0 Å². The van der Waals surface area contributed by atoms with Gasteiger partial charge in [-0.2, -0.15) is 0 Å². The van der Waals surface area contributed by atoms with Gasteiger partial charge in [0.15, 0.2) is 0 Å². The Kier molecular flexibility index (Phi) is 6.44. The predicted octanol–water partition coefficient (Wildman–Crippen LogP) is 1.78. The number of nitrogens with one attached hydrogen (secondary N) is 1. The van der Waals surface area contributed by atoms with E-state index in [4.69, 9.17) is 0 Å². The number of anilines is 1. The quantitative estimate of drug-likeness (QED) is 0.861. The Bertz CT molecular complexity index is 486. The normalized spacial score (nSPS) is 15.0. The van der Waals surface area contributed by atoms with Gasteiger partial charge in [-0.05, 0) is 25.7 Å². The number of aromatic nitrogens is 2. The second-order valence-corrected chi connectivity index (χ2v) is 6.88. The van der Waals surface area contributed by atoms with Crippen molar-refractivity contribution in [3.05, 3.63) is 5.01 Å². The molecule has 0 spiro atoms. The Morgan fingerprint density at radius 3 is 2.67 bits per heavy atom. The number of hydrogen-bond acceptors (Lipinski definition) is 6. The number of thioether (sulfide) groups is 1. The molecule has 2 amide bonds. The zero-order valence-electron chi connectivity index (χ0n) is 12.1. The summed E-state index contributed by atoms with van der Waals surface area (Å²) in [5, 5.41) is 12.0. The summed E-state index contributed by atoms with van der Waals surface area (Å²) in [5.74, 6) is 0.631. The highest BCUT2D eigenvalue weighted by molar-refractivity contribution is 8.00. The molecule has 1 N–H and O–H groups in total. The van der Waals surface area contributed by atoms with Crippen LogP contribution < -0.4 is 5.32 Å². The summed E-state index contributed by atoms with van der Waals surface area (Å²) in [6, 6.07) is 0. The van der Waals surface area contributed by atoms with Crippen LogP contribution in [0.1, 0.15) is 31.2 Å². The molecule has 0 aromatic carbocycles. The van der Waals surface area contributed by atoms with Crippen molar-refractivity contribution in [3.63, 3.8) is 0 Å². The Hall–Kier alpha value is -1.15. The van der Waals surface area contributed by atoms with Crippen LogP contribution in [-0.4, -0.2) is 51.5 Å². The fourth-order valence-corrected chi connectivity index (χ4v) is 3.48. The van der Waals surface area contributed by atoms with E-state index in [0.717, 1.165) is 37.4 Å². The van der Waals surface area contributed by atoms with Crippen LogP contribution in [0.25, 0.3) is 0 Å². The van der Waals surface area contributed by atoms with Crippen LogP contribution in [0.15, 0.2) is 0 Å². The molecule has 0 atom stereocenters. The molecule has 1 aromatic heterocycles. The lowest BCUT2D eigenvalue weighted by atomic mass is 10.1. The van der Waals surface area contributed by atoms with Crippen LogP contribution in [0.5, 0.6) is 0 Å². The highest BCUT2D eigenvalue weighted by Gasteiger charge is 2.16. The molecule has 1 aliphatic heterocycles. The highest BCUT2D eigenvalue weighted by Crippen LogP contribution is 2.16. The Morgan fingerprint density at radius 2 is 2.00 bits per heavy atom. The fourth-order valence-electron chi connectivity index (χ4n) is 2.07. The zero-order valence-corrected chi connectivity index (χ0v) is 13.8. The highest BCUT2D eigenvalue weighted by atomic mass is 32.2. The molecule has 6 nitrogen and oxygen atoms in total. The number of likely N-dealkylation sites (tertiary alicyclic amines) is 1. The first-order valence-corrected chi connectivity index (χ1v) is 9.14. The maximum atomic E-state index is 11.9. The number of amides is 2. The van der Waals surface area contributed by atoms with Gasteiger partial charge in [0.2, 0.25) is 16.9 Å². The molecular weight excluding hydrogens is 308 g/mol. The zero-order chi connectivity index (χ0) is 15.1. The summed E-state index contributed by atoms with van der Waals surface area (Å²) >= 11 is 2.73. The third-order valence-corrected chi connectivity index (χ3v) is 5.08. The molecule has 1 aromatic rings. The Morgan fingerprint density at radius 1 is 1.24 bits per heavy atom. The van der Waals surface area contributed by atoms with E-state index in [9.17, 15) is 9.59 Å². The predicted molar refractivity (Wildman–Crippen MR) is 85.7 cm³/mol. The monoisotopic (exact) mass is 328 g/mol. The van der Waals surface area contributed by atoms with E-state index in [0.29, 0.717) is 10.9 Å². The second-order valence-electron chi connectivity index (χ2n) is 4.84. The van der Waals surface area contributed by atoms with Gasteiger partial charge in [-0.15, -0.1) is 22.0 Å². The topological polar surface area (TPSA) is 75.2 Å². The molecule has 2 rings (SSSR count). The van der Waals surface area contributed by atoms with E-state index in [-0.39, 0.29) is 17.6 Å². The third kappa shape index (κ3) is 5.28. The van der Waals surface area contributed by atoms with Crippen molar-refractivity contribution in [2.75, 3.05) is 29.9 Å². The lowest BCUT2D eigenvalue weighted by Crippen LogP contribution is -2.37. The van der Waals surface area contributed by atoms with Crippen molar-refractivity contribution in [2.24, 2.45) is 0 Å². The van der Waals surface area contributed by atoms with Crippen molar-refractivity contribution >= 4 is 40.0 Å². The second kappa shape index (κ2) is 8.33. The summed E-state index contributed by atoms with van der Waals surface area (Å²) in [4.78, 5) is 25.6. The molecule has 21 heavy (non-hydrogen) atoms. The van der Waals surface area contributed by atoms with Gasteiger partial charge in [-0.25, -0.2) is 0 Å². The van der Waals surface area contributed by atoms with Crippen LogP contribution in [0.2, 0.25) is 0 Å². The van der Waals surface area contributed by atoms with Gasteiger partial charge in [0.25, 0.3) is 0 Å². The molecule has 1 fully saturated rings. The number of aryl methyl sites for hydroxylation is 1. The van der Waals surface area contributed by atoms with Gasteiger partial charge in [0.05, 0.1) is 11.5 Å². The largest absolute Gasteiger partial charge is 0.342 e. The first-order chi connectivity index (χ1) is 10.2. The molecule has 1 saturated heterocycles. The van der Waals surface area contributed by atoms with Crippen molar-refractivity contribution in [2.45, 2.75) is 32.6 Å². The minimum atomic E-state index is -0.134. The van der Waals surface area contributed by atoms with E-state index < -0.39 is 0 Å². The summed E-state index contributed by atoms with van der Waals surface area (Å²) in [7, 11) is 0. The van der Waals surface area contributed by atoms with Gasteiger partial charge in [-0.3, -0.25) is 14.9 Å². The van der Waals surface area contributed by atoms with Gasteiger partial charge >= 0.3 is 0 Å². The molecule has 8 heteroatoms. The fraction of sp³-hybridized carbons (Fsp3) is 0.692. The molecule has 0 aliphatic carbocycles. The van der Waals surface area contributed by atoms with Crippen molar-refractivity contribution in [3.8, 4) is 0 Å². The smallest absolute Gasteiger partial charge is 0.236 e. The van der Waals surface area contributed by atoms with Crippen LogP contribution in [0, 0.1) is 0 Å². The summed E-state index contributed by atoms with van der Waals surface area (Å²) in [6.07, 6.45) is 4.20. The first-order valence-electron chi connectivity index (χ1n) is 7.16. The van der Waals surface area contributed by atoms with Gasteiger partial charge in [0, 0.05) is 13.1 Å². The van der Waals surface area contributed by atoms with Gasteiger partial charge in [0.1, 0.15) is 5.01 Å². The number of nitrogens with zero attached hydrogens (tertiary/aromatic N) is 3. The maximum Gasteiger partial charge on any atom is 0.236 e. The van der Waals surface area contributed by atoms with E-state index >= 15 is 0 Å². The lowest BCUT2D eigenvalue weighted by molar-refractivity contribution is -0.129. The van der Waals surface area contributed by atoms with E-state index in [2.05, 4.69) is 15.5 Å². The molecule has 116 valence electrons. The van der Waals surface area contributed by atoms with E-state index in [1.165, 1.54) is 29.5 Å². The Balaban J connectivity index is 1.65. The van der Waals surface area contributed by atoms with Crippen LogP contribution >= 0.6 is 23.1 Å².